The highest BCUT2D eigenvalue weighted by Gasteiger charge is 2.21. The summed E-state index contributed by atoms with van der Waals surface area (Å²) in [5.41, 5.74) is 1.55. The fraction of sp³-hybridized carbons (Fsp3) is 0.500. The van der Waals surface area contributed by atoms with E-state index < -0.39 is 37.5 Å². The molecule has 0 saturated carbocycles. The monoisotopic (exact) mass is 241 g/mol. The average molecular weight is 241 g/mol. The van der Waals surface area contributed by atoms with Crippen LogP contribution in [0.2, 0.25) is 0 Å². The first-order chi connectivity index (χ1) is 11.5. The topological polar surface area (TPSA) is 41.1 Å². The lowest BCUT2D eigenvalue weighted by molar-refractivity contribution is -0.118. The Labute approximate surface area is 115 Å². The van der Waals surface area contributed by atoms with Crippen molar-refractivity contribution in [3.05, 3.63) is 29.3 Å². The minimum Gasteiger partial charge on any atom is -0.324 e. The SMILES string of the molecule is [2H]C1([2H])NC([2H])(C(=O)Nc2c(C)cccc2C)C([2H])([2H])C([2H])([2H])C1([2H])[2H]. The Morgan fingerprint density at radius 2 is 2.18 bits per heavy atom. The molecular formula is C14H20N2O. The van der Waals surface area contributed by atoms with Crippen LogP contribution in [0.25, 0.3) is 0 Å². The van der Waals surface area contributed by atoms with Crippen LogP contribution in [-0.4, -0.2) is 18.4 Å². The maximum atomic E-state index is 12.7. The lowest BCUT2D eigenvalue weighted by atomic mass is 10.0. The van der Waals surface area contributed by atoms with Gasteiger partial charge in [-0.1, -0.05) is 24.6 Å². The minimum atomic E-state index is -3.46. The van der Waals surface area contributed by atoms with Gasteiger partial charge in [-0.05, 0) is 44.2 Å². The van der Waals surface area contributed by atoms with Crippen molar-refractivity contribution in [3.63, 3.8) is 0 Å². The molecule has 0 spiro atoms. The van der Waals surface area contributed by atoms with E-state index in [1.165, 1.54) is 0 Å². The predicted octanol–water partition coefficient (Wildman–Crippen LogP) is 2.38. The first-order valence-corrected chi connectivity index (χ1v) is 5.20. The molecule has 1 saturated heterocycles. The second-order valence-corrected chi connectivity index (χ2v) is 3.72. The molecule has 17 heavy (non-hydrogen) atoms. The molecule has 92 valence electrons. The molecule has 1 unspecified atom stereocenters. The summed E-state index contributed by atoms with van der Waals surface area (Å²) in [6.45, 7) is 0.195. The van der Waals surface area contributed by atoms with Crippen LogP contribution in [0.3, 0.4) is 0 Å². The van der Waals surface area contributed by atoms with E-state index in [2.05, 4.69) is 5.32 Å². The van der Waals surface area contributed by atoms with Gasteiger partial charge in [-0.25, -0.2) is 0 Å². The van der Waals surface area contributed by atoms with Crippen LogP contribution in [0, 0.1) is 13.8 Å². The molecule has 2 N–H and O–H groups in total. The third-order valence-corrected chi connectivity index (χ3v) is 2.45. The van der Waals surface area contributed by atoms with Crippen LogP contribution in [0.15, 0.2) is 18.2 Å². The fourth-order valence-electron chi connectivity index (χ4n) is 1.55. The average Bonchev–Trinajstić information content (AvgIpc) is 2.48. The Bertz CT molecular complexity index is 730. The van der Waals surface area contributed by atoms with Crippen molar-refractivity contribution in [1.29, 1.82) is 0 Å². The molecule has 2 rings (SSSR count). The Kier molecular flexibility index (Phi) is 1.60. The van der Waals surface area contributed by atoms with Gasteiger partial charge in [0.2, 0.25) is 5.91 Å². The van der Waals surface area contributed by atoms with E-state index in [0.717, 1.165) is 0 Å². The fourth-order valence-corrected chi connectivity index (χ4v) is 1.55. The zero-order chi connectivity index (χ0) is 20.3. The van der Waals surface area contributed by atoms with Crippen molar-refractivity contribution in [2.75, 3.05) is 11.8 Å². The highest BCUT2D eigenvalue weighted by Crippen LogP contribution is 2.20. The van der Waals surface area contributed by atoms with Crippen LogP contribution in [-0.2, 0) is 4.79 Å². The largest absolute Gasteiger partial charge is 0.324 e. The van der Waals surface area contributed by atoms with E-state index in [-0.39, 0.29) is 0 Å². The number of amides is 1. The molecule has 3 heteroatoms. The number of para-hydroxylation sites is 1. The Morgan fingerprint density at radius 3 is 2.88 bits per heavy atom. The number of anilines is 1. The van der Waals surface area contributed by atoms with Crippen molar-refractivity contribution in [3.8, 4) is 0 Å². The number of nitrogens with one attached hydrogen (secondary N) is 2. The number of carbonyl (C=O) groups excluding carboxylic acids is 1. The van der Waals surface area contributed by atoms with Gasteiger partial charge >= 0.3 is 0 Å². The molecule has 1 aromatic carbocycles. The third-order valence-electron chi connectivity index (χ3n) is 2.45. The quantitative estimate of drug-likeness (QED) is 0.834. The summed E-state index contributed by atoms with van der Waals surface area (Å²) in [6.07, 6.45) is -10.2. The van der Waals surface area contributed by atoms with Gasteiger partial charge in [0.15, 0.2) is 0 Å². The molecular weight excluding hydrogens is 212 g/mol. The number of aryl methyl sites for hydroxylation is 2. The molecule has 1 aromatic rings. The first-order valence-electron chi connectivity index (χ1n) is 9.70. The summed E-state index contributed by atoms with van der Waals surface area (Å²) in [5.74, 6) is -1.32. The summed E-state index contributed by atoms with van der Waals surface area (Å²) in [5, 5.41) is 4.12. The van der Waals surface area contributed by atoms with Crippen molar-refractivity contribution < 1.29 is 17.1 Å². The van der Waals surface area contributed by atoms with Gasteiger partial charge in [0, 0.05) is 16.7 Å². The normalized spacial score (nSPS) is 44.0. The molecule has 1 atom stereocenters. The lowest BCUT2D eigenvalue weighted by Crippen LogP contribution is -2.43. The molecule has 1 heterocycles. The van der Waals surface area contributed by atoms with Crippen LogP contribution < -0.4 is 10.6 Å². The smallest absolute Gasteiger partial charge is 0.241 e. The van der Waals surface area contributed by atoms with E-state index in [9.17, 15) is 4.79 Å². The molecule has 0 aliphatic carbocycles. The number of piperidine rings is 1. The zero-order valence-electron chi connectivity index (χ0n) is 18.6. The first kappa shape index (κ1) is 5.11. The van der Waals surface area contributed by atoms with Gasteiger partial charge in [-0.3, -0.25) is 4.79 Å². The van der Waals surface area contributed by atoms with Crippen molar-refractivity contribution in [2.45, 2.75) is 39.0 Å². The summed E-state index contributed by atoms with van der Waals surface area (Å²) in [7, 11) is 0. The van der Waals surface area contributed by atoms with Gasteiger partial charge in [0.25, 0.3) is 0 Å². The molecule has 3 nitrogen and oxygen atoms in total. The number of hydrogen-bond donors (Lipinski definition) is 2. The molecule has 1 fully saturated rings. The van der Waals surface area contributed by atoms with Gasteiger partial charge in [-0.15, -0.1) is 0 Å². The minimum absolute atomic E-state index is 0.302. The Hall–Kier alpha value is -1.35. The lowest BCUT2D eigenvalue weighted by Gasteiger charge is -2.23. The molecule has 1 aliphatic rings. The van der Waals surface area contributed by atoms with Crippen molar-refractivity contribution in [1.82, 2.24) is 5.32 Å². The summed E-state index contributed by atoms with van der Waals surface area (Å²) >= 11 is 0. The number of benzene rings is 1. The zero-order valence-corrected chi connectivity index (χ0v) is 9.64. The van der Waals surface area contributed by atoms with Gasteiger partial charge in [0.1, 0.15) is 0 Å². The molecule has 1 aliphatic heterocycles. The summed E-state index contributed by atoms with van der Waals surface area (Å²) in [4.78, 5) is 12.7. The van der Waals surface area contributed by atoms with Gasteiger partial charge < -0.3 is 10.6 Å². The van der Waals surface area contributed by atoms with Crippen LogP contribution >= 0.6 is 0 Å². The third kappa shape index (κ3) is 2.86. The Morgan fingerprint density at radius 1 is 1.47 bits per heavy atom. The van der Waals surface area contributed by atoms with Crippen molar-refractivity contribution >= 4 is 11.6 Å². The maximum Gasteiger partial charge on any atom is 0.241 e. The standard InChI is InChI=1S/C14H20N2O/c1-10-6-5-7-11(2)13(10)16-14(17)12-8-3-4-9-15-12/h5-7,12,15H,3-4,8-9H2,1-2H3,(H,16,17)/i3D2,4D2,8D2,9D2,12D. The molecule has 0 radical (unpaired) electrons. The molecule has 0 bridgehead atoms. The van der Waals surface area contributed by atoms with Gasteiger partial charge in [-0.2, -0.15) is 0 Å². The highest BCUT2D eigenvalue weighted by molar-refractivity contribution is 5.96. The number of hydrogen-bond acceptors (Lipinski definition) is 2. The predicted molar refractivity (Wildman–Crippen MR) is 70.2 cm³/mol. The van der Waals surface area contributed by atoms with Crippen LogP contribution in [0.5, 0.6) is 0 Å². The molecule has 0 aromatic heterocycles. The van der Waals surface area contributed by atoms with E-state index in [0.29, 0.717) is 16.8 Å². The van der Waals surface area contributed by atoms with E-state index in [1.54, 1.807) is 37.4 Å². The van der Waals surface area contributed by atoms with Gasteiger partial charge in [0.05, 0.1) is 7.39 Å². The maximum absolute atomic E-state index is 12.7. The van der Waals surface area contributed by atoms with E-state index in [4.69, 9.17) is 12.3 Å². The number of carbonyl (C=O) groups is 1. The number of rotatable bonds is 2. The van der Waals surface area contributed by atoms with E-state index >= 15 is 0 Å². The Balaban J connectivity index is 2.54. The second kappa shape index (κ2) is 5.32. The van der Waals surface area contributed by atoms with Crippen LogP contribution in [0.1, 0.15) is 42.6 Å². The highest BCUT2D eigenvalue weighted by atomic mass is 16.2. The summed E-state index contributed by atoms with van der Waals surface area (Å²) < 4.78 is 70.8. The van der Waals surface area contributed by atoms with Crippen LogP contribution in [0.4, 0.5) is 5.69 Å². The second-order valence-electron chi connectivity index (χ2n) is 3.72. The molecule has 1 amide bonds. The van der Waals surface area contributed by atoms with E-state index in [1.807, 2.05) is 0 Å². The van der Waals surface area contributed by atoms with Crippen molar-refractivity contribution in [2.24, 2.45) is 0 Å². The summed E-state index contributed by atoms with van der Waals surface area (Å²) in [6, 6.07) is 1.99.